The summed E-state index contributed by atoms with van der Waals surface area (Å²) >= 11 is 2.71. The number of carboxylic acid groups (broad SMARTS) is 1. The van der Waals surface area contributed by atoms with E-state index in [1.807, 2.05) is 12.1 Å². The van der Waals surface area contributed by atoms with E-state index in [4.69, 9.17) is 4.74 Å². The van der Waals surface area contributed by atoms with Crippen molar-refractivity contribution < 1.29 is 33.4 Å². The maximum Gasteiger partial charge on any atom is 0.326 e. The molecule has 0 spiro atoms. The number of ether oxygens (including phenoxy) is 1. The Kier molecular flexibility index (Phi) is 6.69. The minimum Gasteiger partial charge on any atom is -0.484 e. The molecule has 3 aromatic rings. The molecule has 3 fully saturated rings. The monoisotopic (exact) mass is 623 g/mol. The van der Waals surface area contributed by atoms with Crippen LogP contribution in [0.3, 0.4) is 0 Å². The van der Waals surface area contributed by atoms with Gasteiger partial charge in [-0.2, -0.15) is 0 Å². The third-order valence-corrected chi connectivity index (χ3v) is 11.8. The number of nitrogens with one attached hydrogen (secondary N) is 2. The third-order valence-electron chi connectivity index (χ3n) is 9.24. The van der Waals surface area contributed by atoms with Gasteiger partial charge in [0.15, 0.2) is 6.61 Å². The Morgan fingerprint density at radius 2 is 1.74 bits per heavy atom. The summed E-state index contributed by atoms with van der Waals surface area (Å²) in [6.07, 6.45) is 0.699. The number of fused-ring (bicyclic) bond motifs is 9. The van der Waals surface area contributed by atoms with Crippen LogP contribution in [-0.4, -0.2) is 56.6 Å². The predicted molar refractivity (Wildman–Crippen MR) is 154 cm³/mol. The van der Waals surface area contributed by atoms with Crippen LogP contribution in [0.25, 0.3) is 0 Å². The van der Waals surface area contributed by atoms with Crippen LogP contribution in [0, 0.1) is 35.4 Å². The molecule has 13 heteroatoms. The lowest BCUT2D eigenvalue weighted by Crippen LogP contribution is -2.44. The highest BCUT2D eigenvalue weighted by atomic mass is 32.2. The van der Waals surface area contributed by atoms with Crippen molar-refractivity contribution in [3.05, 3.63) is 74.5 Å². The molecular weight excluding hydrogens is 597 g/mol. The van der Waals surface area contributed by atoms with Crippen molar-refractivity contribution >= 4 is 52.5 Å². The number of rotatable bonds is 7. The van der Waals surface area contributed by atoms with Crippen molar-refractivity contribution in [1.29, 1.82) is 0 Å². The van der Waals surface area contributed by atoms with Gasteiger partial charge in [-0.05, 0) is 73.1 Å². The maximum atomic E-state index is 13.5. The highest BCUT2D eigenvalue weighted by Crippen LogP contribution is 2.68. The number of aromatic amines is 1. The molecule has 2 aliphatic heterocycles. The molecule has 4 aliphatic rings. The van der Waals surface area contributed by atoms with E-state index in [-0.39, 0.29) is 40.4 Å². The molecule has 222 valence electrons. The number of hydrogen-bond donors (Lipinski definition) is 3. The van der Waals surface area contributed by atoms with Crippen molar-refractivity contribution in [3.8, 4) is 5.75 Å². The number of thioether (sulfide) groups is 1. The van der Waals surface area contributed by atoms with Crippen molar-refractivity contribution in [1.82, 2.24) is 9.88 Å². The van der Waals surface area contributed by atoms with Gasteiger partial charge in [0.2, 0.25) is 11.8 Å². The molecule has 10 nitrogen and oxygen atoms in total. The lowest BCUT2D eigenvalue weighted by molar-refractivity contribution is -0.154. The quantitative estimate of drug-likeness (QED) is 0.339. The number of carbonyl (C=O) groups excluding carboxylic acids is 3. The van der Waals surface area contributed by atoms with Crippen molar-refractivity contribution in [2.45, 2.75) is 35.6 Å². The van der Waals surface area contributed by atoms with Gasteiger partial charge in [-0.3, -0.25) is 24.1 Å². The summed E-state index contributed by atoms with van der Waals surface area (Å²) < 4.78 is 18.8. The number of H-pyrrole nitrogens is 1. The van der Waals surface area contributed by atoms with E-state index in [0.29, 0.717) is 17.9 Å². The number of carboxylic acids is 1. The Labute approximate surface area is 252 Å². The molecule has 1 saturated heterocycles. The fraction of sp³-hybridized carbons (Fsp3) is 0.367. The van der Waals surface area contributed by atoms with Gasteiger partial charge in [-0.1, -0.05) is 23.5 Å². The molecular formula is C30H26FN3O7S2. The lowest BCUT2D eigenvalue weighted by Gasteiger charge is -2.43. The molecule has 3 N–H and O–H groups in total. The average molecular weight is 624 g/mol. The highest BCUT2D eigenvalue weighted by Gasteiger charge is 2.70. The zero-order valence-electron chi connectivity index (χ0n) is 22.7. The van der Waals surface area contributed by atoms with Crippen molar-refractivity contribution in [2.75, 3.05) is 11.9 Å². The minimum absolute atomic E-state index is 0.0167. The van der Waals surface area contributed by atoms with Crippen molar-refractivity contribution in [2.24, 2.45) is 29.6 Å². The number of likely N-dealkylation sites (tertiary alicyclic amines) is 1. The predicted octanol–water partition coefficient (Wildman–Crippen LogP) is 3.54. The van der Waals surface area contributed by atoms with Gasteiger partial charge in [0.1, 0.15) is 17.6 Å². The van der Waals surface area contributed by atoms with Crippen LogP contribution in [0.15, 0.2) is 58.4 Å². The number of imide groups is 1. The van der Waals surface area contributed by atoms with Gasteiger partial charge in [-0.25, -0.2) is 9.18 Å². The second-order valence-electron chi connectivity index (χ2n) is 11.4. The van der Waals surface area contributed by atoms with Gasteiger partial charge in [0.25, 0.3) is 5.91 Å². The van der Waals surface area contributed by atoms with Crippen LogP contribution in [0.2, 0.25) is 0 Å². The summed E-state index contributed by atoms with van der Waals surface area (Å²) in [5.41, 5.74) is 1.37. The number of hydrogen-bond acceptors (Lipinski definition) is 8. The molecule has 43 heavy (non-hydrogen) atoms. The summed E-state index contributed by atoms with van der Waals surface area (Å²) in [7, 11) is 0. The standard InChI is InChI=1S/C30H26FN3O7S2/c1-12(29(38)39)34-27(36)22-17-10-18(23(22)28(34)37)24-21(17)20(25-26(42-24)33-30(40)43-25)13-2-8-16(9-3-13)41-11-19(35)32-15-6-4-14(31)5-7-15/h2-9,12,17-18,20-24H,10-11H2,1H3,(H,32,35)(H,33,40)(H,38,39)/t12?,17?,18?,20-,21?,22?,23?,24?/m1/s1. The summed E-state index contributed by atoms with van der Waals surface area (Å²) in [5.74, 6) is -3.93. The second-order valence-corrected chi connectivity index (χ2v) is 13.6. The minimum atomic E-state index is -1.22. The summed E-state index contributed by atoms with van der Waals surface area (Å²) in [5, 5.41) is 12.9. The second kappa shape index (κ2) is 10.3. The summed E-state index contributed by atoms with van der Waals surface area (Å²) in [6.45, 7) is 1.11. The molecule has 1 aromatic heterocycles. The molecule has 3 amide bonds. The molecule has 2 bridgehead atoms. The smallest absolute Gasteiger partial charge is 0.326 e. The summed E-state index contributed by atoms with van der Waals surface area (Å²) in [4.78, 5) is 68.0. The van der Waals surface area contributed by atoms with Gasteiger partial charge >= 0.3 is 10.8 Å². The van der Waals surface area contributed by atoms with Crippen LogP contribution in [-0.2, 0) is 19.2 Å². The molecule has 2 aliphatic carbocycles. The molecule has 3 heterocycles. The summed E-state index contributed by atoms with van der Waals surface area (Å²) in [6, 6.07) is 11.5. The molecule has 7 unspecified atom stereocenters. The Morgan fingerprint density at radius 3 is 2.42 bits per heavy atom. The third kappa shape index (κ3) is 4.48. The normalized spacial score (nSPS) is 29.2. The van der Waals surface area contributed by atoms with E-state index in [0.717, 1.165) is 31.7 Å². The van der Waals surface area contributed by atoms with E-state index in [2.05, 4.69) is 10.3 Å². The number of amides is 3. The number of carbonyl (C=O) groups is 4. The van der Waals surface area contributed by atoms with E-state index >= 15 is 0 Å². The fourth-order valence-electron chi connectivity index (χ4n) is 7.56. The molecule has 8 atom stereocenters. The zero-order chi connectivity index (χ0) is 30.2. The van der Waals surface area contributed by atoms with E-state index in [1.54, 1.807) is 23.9 Å². The van der Waals surface area contributed by atoms with Crippen LogP contribution >= 0.6 is 23.1 Å². The van der Waals surface area contributed by atoms with Gasteiger partial charge in [-0.15, -0.1) is 11.8 Å². The van der Waals surface area contributed by atoms with Gasteiger partial charge < -0.3 is 20.1 Å². The van der Waals surface area contributed by atoms with E-state index in [9.17, 15) is 33.5 Å². The number of anilines is 1. The van der Waals surface area contributed by atoms with Crippen LogP contribution in [0.4, 0.5) is 10.1 Å². The average Bonchev–Trinajstić information content (AvgIpc) is 3.72. The van der Waals surface area contributed by atoms with E-state index < -0.39 is 47.4 Å². The molecule has 2 saturated carbocycles. The largest absolute Gasteiger partial charge is 0.484 e. The van der Waals surface area contributed by atoms with Crippen LogP contribution in [0.5, 0.6) is 5.75 Å². The first kappa shape index (κ1) is 27.8. The Hall–Kier alpha value is -3.97. The fourth-order valence-corrected chi connectivity index (χ4v) is 10.4. The molecule has 2 aromatic carbocycles. The lowest BCUT2D eigenvalue weighted by atomic mass is 9.68. The van der Waals surface area contributed by atoms with Crippen molar-refractivity contribution in [3.63, 3.8) is 0 Å². The molecule has 0 radical (unpaired) electrons. The first-order chi connectivity index (χ1) is 20.6. The number of halogens is 1. The first-order valence-corrected chi connectivity index (χ1v) is 15.6. The number of thiazole rings is 1. The maximum absolute atomic E-state index is 13.5. The number of aromatic nitrogens is 1. The number of nitrogens with zero attached hydrogens (tertiary/aromatic N) is 1. The SMILES string of the molecule is CC(C(=O)O)N1C(=O)C2C3CC(C2C1=O)C1C3Sc2[nH]c(=O)sc2[C@@H]1c1ccc(OCC(=O)Nc2ccc(F)cc2)cc1. The van der Waals surface area contributed by atoms with E-state index in [1.165, 1.54) is 31.2 Å². The molecule has 7 rings (SSSR count). The Morgan fingerprint density at radius 1 is 1.07 bits per heavy atom. The Balaban J connectivity index is 1.13. The van der Waals surface area contributed by atoms with Crippen LogP contribution < -0.4 is 14.9 Å². The highest BCUT2D eigenvalue weighted by molar-refractivity contribution is 8.00. The van der Waals surface area contributed by atoms with Crippen LogP contribution in [0.1, 0.15) is 29.7 Å². The Bertz CT molecular complexity index is 1710. The van der Waals surface area contributed by atoms with Gasteiger partial charge in [0, 0.05) is 21.7 Å². The number of aliphatic carboxylic acids is 1. The van der Waals surface area contributed by atoms with Gasteiger partial charge in [0.05, 0.1) is 16.9 Å². The topological polar surface area (TPSA) is 146 Å². The first-order valence-electron chi connectivity index (χ1n) is 13.9. The number of benzene rings is 2. The zero-order valence-corrected chi connectivity index (χ0v) is 24.3.